The van der Waals surface area contributed by atoms with Gasteiger partial charge < -0.3 is 28.7 Å². The van der Waals surface area contributed by atoms with Gasteiger partial charge in [-0.25, -0.2) is 0 Å². The van der Waals surface area contributed by atoms with Crippen molar-refractivity contribution in [1.29, 1.82) is 0 Å². The number of rotatable bonds is 13. The monoisotopic (exact) mass is 963 g/mol. The first kappa shape index (κ1) is 35.2. The fourth-order valence-corrected chi connectivity index (χ4v) is 8.93. The molecule has 1 spiro atoms. The molecule has 8 heteroatoms. The van der Waals surface area contributed by atoms with Gasteiger partial charge in [0.1, 0.15) is 18.3 Å². The van der Waals surface area contributed by atoms with Crippen LogP contribution < -0.4 is 0 Å². The average molecular weight is 964 g/mol. The van der Waals surface area contributed by atoms with E-state index in [9.17, 15) is 0 Å². The molecule has 1 saturated heterocycles. The van der Waals surface area contributed by atoms with Crippen molar-refractivity contribution in [3.8, 4) is 0 Å². The predicted molar refractivity (Wildman–Crippen MR) is 201 cm³/mol. The molecule has 2 aliphatic heterocycles. The van der Waals surface area contributed by atoms with Crippen LogP contribution in [0.4, 0.5) is 0 Å². The number of aromatic nitrogens is 1. The van der Waals surface area contributed by atoms with E-state index in [4.69, 9.17) is 23.7 Å². The van der Waals surface area contributed by atoms with Crippen LogP contribution >= 0.6 is 11.8 Å². The van der Waals surface area contributed by atoms with Crippen LogP contribution in [0.15, 0.2) is 133 Å². The van der Waals surface area contributed by atoms with Gasteiger partial charge in [-0.1, -0.05) is 134 Å². The Balaban J connectivity index is 0.00000420. The number of hydrogen-bond acceptors (Lipinski definition) is 6. The summed E-state index contributed by atoms with van der Waals surface area (Å²) >= 11 is 1.75. The Hall–Kier alpha value is -5.21. The Morgan fingerprint density at radius 1 is 0.692 bits per heavy atom. The molecule has 3 heterocycles. The van der Waals surface area contributed by atoms with E-state index < -0.39 is 17.1 Å². The largest absolute Gasteiger partial charge is 0.477 e. The molecule has 5 atom stereocenters. The number of thioether (sulfide) groups is 1. The molecule has 0 saturated carbocycles. The summed E-state index contributed by atoms with van der Waals surface area (Å²) in [5.74, 6) is 0. The molecule has 0 radical (unpaired) electrons. The molecular formula is C44H42NO5RfS-. The van der Waals surface area contributed by atoms with Crippen LogP contribution in [0.1, 0.15) is 38.9 Å². The van der Waals surface area contributed by atoms with E-state index in [0.29, 0.717) is 39.6 Å². The first-order valence-electron chi connectivity index (χ1n) is 17.6. The van der Waals surface area contributed by atoms with Gasteiger partial charge in [0.05, 0.1) is 44.9 Å². The normalized spacial score (nSPS) is 22.3. The van der Waals surface area contributed by atoms with Crippen molar-refractivity contribution >= 4 is 22.7 Å². The zero-order valence-corrected chi connectivity index (χ0v) is 36.6. The molecule has 0 amide bonds. The third kappa shape index (κ3) is 7.39. The van der Waals surface area contributed by atoms with Crippen molar-refractivity contribution in [2.75, 3.05) is 6.61 Å². The number of hydrogen-bond donors (Lipinski definition) is 1. The minimum atomic E-state index is -0.883. The maximum atomic E-state index is 7.08. The molecule has 6 aromatic rings. The number of nitrogens with one attached hydrogen (secondary N) is 1. The van der Waals surface area contributed by atoms with Gasteiger partial charge in [0.15, 0.2) is 4.93 Å². The Bertz CT molecular complexity index is 2010. The van der Waals surface area contributed by atoms with E-state index in [0.717, 1.165) is 49.8 Å². The molecule has 2 aliphatic rings. The molecule has 1 aromatic heterocycles. The summed E-state index contributed by atoms with van der Waals surface area (Å²) < 4.78 is 34.6. The van der Waals surface area contributed by atoms with Gasteiger partial charge in [-0.3, -0.25) is 0 Å². The first-order valence-corrected chi connectivity index (χ1v) is 18.5. The molecule has 0 bridgehead atoms. The minimum Gasteiger partial charge on any atom is -0.477 e. The Labute approximate surface area is 304 Å². The van der Waals surface area contributed by atoms with Crippen molar-refractivity contribution < 1.29 is 23.7 Å². The van der Waals surface area contributed by atoms with E-state index in [1.54, 1.807) is 11.8 Å². The summed E-state index contributed by atoms with van der Waals surface area (Å²) in [6.07, 6.45) is 1.91. The summed E-state index contributed by atoms with van der Waals surface area (Å²) in [6, 6.07) is 45.7. The minimum absolute atomic E-state index is 0. The average Bonchev–Trinajstić information content (AvgIpc) is 3.73. The third-order valence-corrected chi connectivity index (χ3v) is 11.4. The van der Waals surface area contributed by atoms with Gasteiger partial charge in [0.25, 0.3) is 0 Å². The second-order valence-corrected chi connectivity index (χ2v) is 14.7. The van der Waals surface area contributed by atoms with Crippen molar-refractivity contribution in [3.63, 3.8) is 0 Å². The fraction of sp³-hybridized carbons (Fsp3) is 0.273. The van der Waals surface area contributed by atoms with Crippen molar-refractivity contribution in [2.45, 2.75) is 68.5 Å². The molecule has 1 N–H and O–H groups in total. The van der Waals surface area contributed by atoms with Gasteiger partial charge in [-0.05, 0) is 33.4 Å². The zero-order chi connectivity index (χ0) is 34.5. The summed E-state index contributed by atoms with van der Waals surface area (Å²) in [7, 11) is 0. The van der Waals surface area contributed by atoms with Crippen LogP contribution in [-0.4, -0.2) is 35.2 Å². The van der Waals surface area contributed by atoms with E-state index >= 15 is 0 Å². The predicted octanol–water partition coefficient (Wildman–Crippen LogP) is 9.05. The van der Waals surface area contributed by atoms with Crippen LogP contribution in [0.25, 0.3) is 10.9 Å². The molecule has 0 unspecified atom stereocenters. The Morgan fingerprint density at radius 3 is 1.79 bits per heavy atom. The fourth-order valence-electron chi connectivity index (χ4n) is 7.16. The molecule has 5 aromatic carbocycles. The maximum Gasteiger partial charge on any atom is 0.168 e. The zero-order valence-electron chi connectivity index (χ0n) is 29.4. The molecule has 52 heavy (non-hydrogen) atoms. The second kappa shape index (κ2) is 16.0. The second-order valence-electron chi connectivity index (χ2n) is 13.3. The van der Waals surface area contributed by atoms with E-state index in [1.165, 1.54) is 0 Å². The van der Waals surface area contributed by atoms with E-state index in [2.05, 4.69) is 78.8 Å². The summed E-state index contributed by atoms with van der Waals surface area (Å²) in [4.78, 5) is 2.49. The number of H-pyrrole nitrogens is 1. The van der Waals surface area contributed by atoms with Crippen molar-refractivity contribution in [1.82, 2.24) is 4.98 Å². The topological polar surface area (TPSA) is 61.9 Å². The third-order valence-electron chi connectivity index (χ3n) is 9.78. The van der Waals surface area contributed by atoms with Gasteiger partial charge in [-0.15, -0.1) is 29.5 Å². The number of aryl methyl sites for hydroxylation is 1. The van der Waals surface area contributed by atoms with Gasteiger partial charge in [0.2, 0.25) is 0 Å². The van der Waals surface area contributed by atoms with Crippen LogP contribution in [0.5, 0.6) is 0 Å². The quantitative estimate of drug-likeness (QED) is 0.117. The molecule has 0 aliphatic carbocycles. The number of benzene rings is 5. The Morgan fingerprint density at radius 2 is 1.21 bits per heavy atom. The molecule has 262 valence electrons. The standard InChI is InChI=1S/C44H42NO5S.Rf/c1-31-24-45-39-23-38-36(22-37(31)39)29-50-44(38)43(49-28-35-20-12-5-13-21-35)42(48-27-34-18-10-4-11-19-34)41(47-26-33-16-8-3-9-17-33)40(51-44)30-46-25-32-14-6-2-7-15-32;/h2-23,40-43,45H,25-30H2,1H3;/q-1;/t40-,41-,42+,43-,44+;/m1./s1. The molecular weight excluding hydrogens is 922 g/mol. The van der Waals surface area contributed by atoms with Crippen LogP contribution in [0, 0.1) is 13.1 Å². The van der Waals surface area contributed by atoms with Crippen LogP contribution in [0.2, 0.25) is 0 Å². The first-order chi connectivity index (χ1) is 25.2. The van der Waals surface area contributed by atoms with Crippen LogP contribution in [0.3, 0.4) is 0 Å². The number of aromatic amines is 1. The molecule has 6 nitrogen and oxygen atoms in total. The maximum absolute atomic E-state index is 7.08. The van der Waals surface area contributed by atoms with Crippen LogP contribution in [-0.2, 0) is 61.7 Å². The number of fused-ring (bicyclic) bond motifs is 3. The number of ether oxygens (including phenoxy) is 5. The smallest absolute Gasteiger partial charge is 0.168 e. The SMILES string of the molecule is Cc1[c-][nH]c2cc3c(cc12)CO[C@]31S[C@H](COCc2ccccc2)[C@@H](OCc2ccccc2)[C@H](OCc2ccccc2)[C@H]1OCc1ccccc1.[Rf]. The summed E-state index contributed by atoms with van der Waals surface area (Å²) in [6.45, 7) is 4.71. The van der Waals surface area contributed by atoms with Gasteiger partial charge in [-0.2, -0.15) is 10.9 Å². The van der Waals surface area contributed by atoms with E-state index in [1.807, 2.05) is 72.8 Å². The van der Waals surface area contributed by atoms with Crippen molar-refractivity contribution in [2.24, 2.45) is 0 Å². The van der Waals surface area contributed by atoms with E-state index in [-0.39, 0.29) is 11.4 Å². The summed E-state index contributed by atoms with van der Waals surface area (Å²) in [5.41, 5.74) is 8.74. The molecule has 8 rings (SSSR count). The summed E-state index contributed by atoms with van der Waals surface area (Å²) in [5, 5.41) is 1.01. The molecule has 1 fully saturated rings. The van der Waals surface area contributed by atoms with Crippen molar-refractivity contribution in [3.05, 3.63) is 179 Å². The van der Waals surface area contributed by atoms with Gasteiger partial charge >= 0.3 is 0 Å². The van der Waals surface area contributed by atoms with Gasteiger partial charge in [0, 0.05) is 0 Å². The Kier molecular flexibility index (Phi) is 10.8.